The molecule has 0 atom stereocenters. The van der Waals surface area contributed by atoms with Gasteiger partial charge in [0.1, 0.15) is 0 Å². The smallest absolute Gasteiger partial charge is 0.281 e. The van der Waals surface area contributed by atoms with Crippen molar-refractivity contribution in [3.05, 3.63) is 34.9 Å². The van der Waals surface area contributed by atoms with Crippen LogP contribution in [0.2, 0.25) is 0 Å². The second-order valence-electron chi connectivity index (χ2n) is 1.67. The van der Waals surface area contributed by atoms with Crippen LogP contribution >= 0.6 is 0 Å². The van der Waals surface area contributed by atoms with E-state index in [2.05, 4.69) is 55.1 Å². The molecule has 1 aliphatic carbocycles. The van der Waals surface area contributed by atoms with Crippen LogP contribution < -0.4 is 0 Å². The maximum absolute atomic E-state index is 7.50. The number of carbonyl (C=O) groups excluding carboxylic acids is 3. The van der Waals surface area contributed by atoms with Gasteiger partial charge in [-0.05, 0) is 0 Å². The summed E-state index contributed by atoms with van der Waals surface area (Å²) in [4.78, 5) is 22.5. The topological polar surface area (TPSA) is 51.2 Å². The van der Waals surface area contributed by atoms with E-state index in [1.807, 2.05) is 6.08 Å². The van der Waals surface area contributed by atoms with Crippen LogP contribution in [0.15, 0.2) is 34.9 Å². The molecule has 72 valence electrons. The predicted octanol–water partition coefficient (Wildman–Crippen LogP) is 0.742. The molecule has 0 spiro atoms. The van der Waals surface area contributed by atoms with Crippen molar-refractivity contribution >= 4 is 20.4 Å². The zero-order valence-corrected chi connectivity index (χ0v) is 8.43. The molecule has 0 amide bonds. The number of rotatable bonds is 1. The molecular weight excluding hydrogens is 223 g/mol. The minimum atomic E-state index is 1.03. The molecular formula is C10H7MnO3. The summed E-state index contributed by atoms with van der Waals surface area (Å²) in [5, 5.41) is 0. The average molecular weight is 230 g/mol. The molecule has 14 heavy (non-hydrogen) atoms. The van der Waals surface area contributed by atoms with Crippen LogP contribution in [-0.4, -0.2) is 20.4 Å². The quantitative estimate of drug-likeness (QED) is 0.624. The Morgan fingerprint density at radius 1 is 1.21 bits per heavy atom. The van der Waals surface area contributed by atoms with Gasteiger partial charge in [0.2, 0.25) is 0 Å². The SMILES string of the molecule is C=CC1=[C]([Mn])CC=C1.[C]=O.[C]=O.[C]=O. The zero-order chi connectivity index (χ0) is 12.0. The fraction of sp³-hybridized carbons (Fsp3) is 0.100. The van der Waals surface area contributed by atoms with Crippen LogP contribution in [0.4, 0.5) is 0 Å². The normalized spacial score (nSPS) is 10.9. The van der Waals surface area contributed by atoms with Gasteiger partial charge < -0.3 is 0 Å². The van der Waals surface area contributed by atoms with Crippen molar-refractivity contribution in [2.24, 2.45) is 0 Å². The Hall–Kier alpha value is -1.25. The van der Waals surface area contributed by atoms with Crippen molar-refractivity contribution in [1.82, 2.24) is 0 Å². The summed E-state index contributed by atoms with van der Waals surface area (Å²) in [6, 6.07) is 0. The van der Waals surface area contributed by atoms with Crippen LogP contribution in [0.3, 0.4) is 0 Å². The molecule has 0 aromatic rings. The van der Waals surface area contributed by atoms with Gasteiger partial charge in [-0.25, -0.2) is 0 Å². The molecule has 0 aliphatic heterocycles. The van der Waals surface area contributed by atoms with Crippen molar-refractivity contribution in [2.45, 2.75) is 6.42 Å². The van der Waals surface area contributed by atoms with E-state index in [0.29, 0.717) is 0 Å². The fourth-order valence-corrected chi connectivity index (χ4v) is 1.03. The largest absolute Gasteiger partial charge is 0.281 e. The molecule has 0 aromatic heterocycles. The van der Waals surface area contributed by atoms with Crippen LogP contribution in [0.5, 0.6) is 0 Å². The second kappa shape index (κ2) is 17.7. The molecule has 1 rings (SSSR count). The van der Waals surface area contributed by atoms with Gasteiger partial charge in [-0.2, -0.15) is 0 Å². The van der Waals surface area contributed by atoms with Crippen molar-refractivity contribution < 1.29 is 30.4 Å². The Balaban J connectivity index is -0.000000174. The first-order chi connectivity index (χ1) is 6.84. The monoisotopic (exact) mass is 230 g/mol. The van der Waals surface area contributed by atoms with Crippen LogP contribution in [0.25, 0.3) is 0 Å². The van der Waals surface area contributed by atoms with Gasteiger partial charge in [-0.15, -0.1) is 0 Å². The summed E-state index contributed by atoms with van der Waals surface area (Å²) in [6.07, 6.45) is 7.06. The van der Waals surface area contributed by atoms with E-state index >= 15 is 0 Å². The van der Waals surface area contributed by atoms with Gasteiger partial charge in [0.05, 0.1) is 0 Å². The molecule has 6 radical (unpaired) electrons. The molecule has 0 heterocycles. The second-order valence-corrected chi connectivity index (χ2v) is 2.38. The maximum atomic E-state index is 7.50. The van der Waals surface area contributed by atoms with Crippen molar-refractivity contribution in [3.63, 3.8) is 0 Å². The van der Waals surface area contributed by atoms with Gasteiger partial charge in [-0.1, -0.05) is 0 Å². The summed E-state index contributed by atoms with van der Waals surface area (Å²) in [5.74, 6) is 0. The van der Waals surface area contributed by atoms with E-state index in [9.17, 15) is 0 Å². The Labute approximate surface area is 92.4 Å². The average Bonchev–Trinajstić information content (AvgIpc) is 2.72. The number of hydrogen-bond acceptors (Lipinski definition) is 3. The molecule has 0 fully saturated rings. The summed E-state index contributed by atoms with van der Waals surface area (Å²) < 4.78 is 1.24. The van der Waals surface area contributed by atoms with E-state index in [-0.39, 0.29) is 0 Å². The first-order valence-corrected chi connectivity index (χ1v) is 3.72. The van der Waals surface area contributed by atoms with Gasteiger partial charge in [0, 0.05) is 0 Å². The van der Waals surface area contributed by atoms with E-state index in [1.54, 1.807) is 0 Å². The number of hydrogen-bond donors (Lipinski definition) is 0. The summed E-state index contributed by atoms with van der Waals surface area (Å²) in [7, 11) is 0. The number of allylic oxidation sites excluding steroid dienone is 5. The maximum Gasteiger partial charge on any atom is 0.281 e. The van der Waals surface area contributed by atoms with Gasteiger partial charge in [0.15, 0.2) is 0 Å². The Kier molecular flexibility index (Phi) is 23.5. The summed E-state index contributed by atoms with van der Waals surface area (Å²) >= 11 is 3.41. The van der Waals surface area contributed by atoms with Gasteiger partial charge >= 0.3 is 57.3 Å². The first-order valence-electron chi connectivity index (χ1n) is 3.13. The van der Waals surface area contributed by atoms with Crippen molar-refractivity contribution in [2.75, 3.05) is 0 Å². The van der Waals surface area contributed by atoms with Crippen LogP contribution in [0, 0.1) is 0 Å². The molecule has 3 nitrogen and oxygen atoms in total. The van der Waals surface area contributed by atoms with E-state index in [0.717, 1.165) is 6.42 Å². The molecule has 0 unspecified atom stereocenters. The Morgan fingerprint density at radius 3 is 1.79 bits per heavy atom. The van der Waals surface area contributed by atoms with E-state index in [4.69, 9.17) is 14.4 Å². The van der Waals surface area contributed by atoms with Crippen molar-refractivity contribution in [3.8, 4) is 0 Å². The van der Waals surface area contributed by atoms with Crippen LogP contribution in [-0.2, 0) is 30.4 Å². The summed E-state index contributed by atoms with van der Waals surface area (Å²) in [6.45, 7) is 17.2. The van der Waals surface area contributed by atoms with Gasteiger partial charge in [0.25, 0.3) is 20.4 Å². The van der Waals surface area contributed by atoms with Crippen LogP contribution in [0.1, 0.15) is 6.42 Å². The molecule has 4 heteroatoms. The first kappa shape index (κ1) is 18.5. The minimum Gasteiger partial charge on any atom is -0.281 e. The Morgan fingerprint density at radius 2 is 1.64 bits per heavy atom. The minimum absolute atomic E-state index is 1.03. The Bertz CT molecular complexity index is 205. The third kappa shape index (κ3) is 8.84. The molecule has 0 bridgehead atoms. The third-order valence-corrected chi connectivity index (χ3v) is 1.71. The zero-order valence-electron chi connectivity index (χ0n) is 7.25. The molecule has 1 aliphatic rings. The molecule has 0 aromatic carbocycles. The van der Waals surface area contributed by atoms with E-state index < -0.39 is 0 Å². The van der Waals surface area contributed by atoms with Crippen molar-refractivity contribution in [1.29, 1.82) is 0 Å². The van der Waals surface area contributed by atoms with Gasteiger partial charge in [-0.3, -0.25) is 14.4 Å². The fourth-order valence-electron chi connectivity index (χ4n) is 0.676. The standard InChI is InChI=1S/C7H7.3CO.Mn/c1-2-7-5-3-4-6-7;3*1-2;/h2-3,5H,1,4H2;;;;. The summed E-state index contributed by atoms with van der Waals surface area (Å²) in [5.41, 5.74) is 1.21. The molecule has 0 saturated heterocycles. The van der Waals surface area contributed by atoms with E-state index in [1.165, 1.54) is 10.0 Å². The molecule has 0 saturated carbocycles. The predicted molar refractivity (Wildman–Crippen MR) is 48.1 cm³/mol. The third-order valence-electron chi connectivity index (χ3n) is 1.13. The molecule has 0 N–H and O–H groups in total.